The minimum atomic E-state index is -0.119. The second-order valence-corrected chi connectivity index (χ2v) is 12.3. The molecule has 0 saturated carbocycles. The summed E-state index contributed by atoms with van der Waals surface area (Å²) in [5.74, 6) is 0. The number of hydrogen-bond acceptors (Lipinski definition) is 2. The van der Waals surface area contributed by atoms with Gasteiger partial charge in [0.25, 0.3) is 0 Å². The van der Waals surface area contributed by atoms with Crippen LogP contribution in [0.1, 0.15) is 5.48 Å². The van der Waals surface area contributed by atoms with E-state index in [0.717, 1.165) is 61.0 Å². The van der Waals surface area contributed by atoms with Crippen molar-refractivity contribution in [3.63, 3.8) is 0 Å². The van der Waals surface area contributed by atoms with E-state index in [1.165, 1.54) is 0 Å². The zero-order valence-corrected chi connectivity index (χ0v) is 27.1. The van der Waals surface area contributed by atoms with Crippen LogP contribution in [0.25, 0.3) is 66.4 Å². The Kier molecular flexibility index (Phi) is 6.48. The smallest absolute Gasteiger partial charge is 0.135 e. The van der Waals surface area contributed by atoms with Gasteiger partial charge in [-0.2, -0.15) is 0 Å². The molecular weight excluding hydrogens is 607 g/mol. The molecule has 9 aromatic rings. The fraction of sp³-hybridized carbons (Fsp3) is 0. The summed E-state index contributed by atoms with van der Waals surface area (Å²) in [5.41, 5.74) is 10.4. The summed E-state index contributed by atoms with van der Waals surface area (Å²) in [4.78, 5) is 1.83. The van der Waals surface area contributed by atoms with Crippen LogP contribution in [0, 0.1) is 0 Å². The number of para-hydroxylation sites is 1. The third-order valence-corrected chi connectivity index (χ3v) is 9.18. The van der Waals surface area contributed by atoms with Gasteiger partial charge in [-0.15, -0.1) is 0 Å². The lowest BCUT2D eigenvalue weighted by molar-refractivity contribution is 0.669. The Labute approximate surface area is 297 Å². The lowest BCUT2D eigenvalue weighted by Crippen LogP contribution is -2.09. The van der Waals surface area contributed by atoms with Gasteiger partial charge in [0.2, 0.25) is 0 Å². The monoisotopic (exact) mass is 643 g/mol. The van der Waals surface area contributed by atoms with Gasteiger partial charge in [0, 0.05) is 27.8 Å². The molecule has 0 aliphatic carbocycles. The number of hydrogen-bond donors (Lipinski definition) is 0. The largest absolute Gasteiger partial charge is 0.456 e. The highest BCUT2D eigenvalue weighted by Crippen LogP contribution is 2.39. The van der Waals surface area contributed by atoms with E-state index in [0.29, 0.717) is 11.3 Å². The summed E-state index contributed by atoms with van der Waals surface area (Å²) in [6.07, 6.45) is 0. The molecule has 0 spiro atoms. The molecule has 0 saturated heterocycles. The molecule has 8 aromatic carbocycles. The van der Waals surface area contributed by atoms with E-state index >= 15 is 0 Å². The van der Waals surface area contributed by atoms with Gasteiger partial charge in [0.15, 0.2) is 0 Å². The second-order valence-electron chi connectivity index (χ2n) is 12.3. The Morgan fingerprint density at radius 3 is 1.32 bits per heavy atom. The lowest BCUT2D eigenvalue weighted by atomic mass is 10.00. The van der Waals surface area contributed by atoms with Crippen LogP contribution < -0.4 is 4.90 Å². The molecule has 0 bridgehead atoms. The van der Waals surface area contributed by atoms with Crippen LogP contribution in [-0.4, -0.2) is 0 Å². The highest BCUT2D eigenvalue weighted by Gasteiger charge is 2.15. The predicted octanol–water partition coefficient (Wildman–Crippen LogP) is 13.7. The van der Waals surface area contributed by atoms with Crippen LogP contribution in [0.3, 0.4) is 0 Å². The quantitative estimate of drug-likeness (QED) is 0.172. The van der Waals surface area contributed by atoms with E-state index in [4.69, 9.17) is 4.42 Å². The summed E-state index contributed by atoms with van der Waals surface area (Å²) < 4.78 is 43.2. The van der Waals surface area contributed by atoms with Gasteiger partial charge in [-0.3, -0.25) is 0 Å². The van der Waals surface area contributed by atoms with E-state index in [-0.39, 0.29) is 35.4 Å². The summed E-state index contributed by atoms with van der Waals surface area (Å²) in [6, 6.07) is 57.6. The third kappa shape index (κ3) is 5.63. The predicted molar refractivity (Wildman–Crippen MR) is 210 cm³/mol. The molecule has 1 heterocycles. The second kappa shape index (κ2) is 12.8. The van der Waals surface area contributed by atoms with Crippen molar-refractivity contribution < 1.29 is 9.90 Å². The Bertz CT molecular complexity index is 2750. The van der Waals surface area contributed by atoms with E-state index in [2.05, 4.69) is 24.3 Å². The molecule has 0 unspecified atom stereocenters. The van der Waals surface area contributed by atoms with E-state index in [1.54, 1.807) is 0 Å². The molecule has 1 aromatic heterocycles. The average Bonchev–Trinajstić information content (AvgIpc) is 3.61. The maximum atomic E-state index is 9.37. The van der Waals surface area contributed by atoms with E-state index in [9.17, 15) is 5.48 Å². The summed E-state index contributed by atoms with van der Waals surface area (Å²) in [7, 11) is 0. The highest BCUT2D eigenvalue weighted by atomic mass is 16.3. The van der Waals surface area contributed by atoms with Gasteiger partial charge in [-0.05, 0) is 99.1 Å². The number of furan rings is 1. The van der Waals surface area contributed by atoms with Crippen molar-refractivity contribution >= 4 is 39.0 Å². The van der Waals surface area contributed by atoms with Gasteiger partial charge >= 0.3 is 0 Å². The van der Waals surface area contributed by atoms with Crippen LogP contribution >= 0.6 is 0 Å². The number of benzene rings is 8. The molecule has 9 rings (SSSR count). The van der Waals surface area contributed by atoms with Crippen LogP contribution in [0.5, 0.6) is 0 Å². The van der Waals surface area contributed by atoms with Gasteiger partial charge < -0.3 is 9.32 Å². The van der Waals surface area contributed by atoms with Crippen molar-refractivity contribution in [2.75, 3.05) is 4.90 Å². The van der Waals surface area contributed by atoms with Crippen molar-refractivity contribution in [3.8, 4) is 44.5 Å². The fourth-order valence-corrected chi connectivity index (χ4v) is 6.57. The number of nitrogens with zero attached hydrogens (tertiary/aromatic N) is 1. The molecule has 0 fully saturated rings. The average molecular weight is 644 g/mol. The molecule has 0 atom stereocenters. The normalized spacial score (nSPS) is 12.3. The molecule has 0 N–H and O–H groups in total. The topological polar surface area (TPSA) is 16.4 Å². The van der Waals surface area contributed by atoms with Crippen LogP contribution in [0.4, 0.5) is 17.1 Å². The van der Waals surface area contributed by atoms with Crippen molar-refractivity contribution in [2.45, 2.75) is 0 Å². The van der Waals surface area contributed by atoms with Gasteiger partial charge in [0.1, 0.15) is 11.2 Å². The van der Waals surface area contributed by atoms with E-state index in [1.807, 2.05) is 157 Å². The summed E-state index contributed by atoms with van der Waals surface area (Å²) in [5, 5.41) is 2.11. The molecule has 0 radical (unpaired) electrons. The van der Waals surface area contributed by atoms with Crippen molar-refractivity contribution in [1.82, 2.24) is 0 Å². The molecule has 0 amide bonds. The third-order valence-electron chi connectivity index (χ3n) is 9.18. The van der Waals surface area contributed by atoms with Crippen LogP contribution in [0.2, 0.25) is 0 Å². The minimum absolute atomic E-state index is 0.0957. The first-order valence-corrected chi connectivity index (χ1v) is 16.7. The van der Waals surface area contributed by atoms with Gasteiger partial charge in [0.05, 0.1) is 5.48 Å². The maximum Gasteiger partial charge on any atom is 0.135 e. The Morgan fingerprint density at radius 1 is 0.320 bits per heavy atom. The minimum Gasteiger partial charge on any atom is -0.456 e. The molecule has 50 heavy (non-hydrogen) atoms. The standard InChI is InChI=1S/C48H33NO/c1-3-9-34(10-4-1)36-15-17-37(18-16-36)39-21-28-43(29-22-39)49(42-26-19-38(20-27-42)35-11-5-2-6-12-35)44-30-23-40(24-31-44)41-25-32-48-46(33-41)45-13-7-8-14-47(45)50-48/h1-33H/i21D,22D,28D,29D. The molecule has 236 valence electrons. The SMILES string of the molecule is [2H]c1c([2H])c(N(c2ccc(-c3ccccc3)cc2)c2ccc(-c3ccc4oc5ccccc5c4c3)cc2)c([2H])c([2H])c1-c1ccc(-c2ccccc2)cc1. The van der Waals surface area contributed by atoms with E-state index < -0.39 is 0 Å². The van der Waals surface area contributed by atoms with Crippen molar-refractivity contribution in [3.05, 3.63) is 200 Å². The molecule has 0 aliphatic heterocycles. The molecule has 2 heteroatoms. The van der Waals surface area contributed by atoms with Crippen molar-refractivity contribution in [2.24, 2.45) is 0 Å². The Hall–Kier alpha value is -6.64. The number of fused-ring (bicyclic) bond motifs is 3. The Balaban J connectivity index is 1.14. The van der Waals surface area contributed by atoms with Gasteiger partial charge in [-0.1, -0.05) is 146 Å². The molecular formula is C48H33NO. The summed E-state index contributed by atoms with van der Waals surface area (Å²) >= 11 is 0. The molecule has 2 nitrogen and oxygen atoms in total. The Morgan fingerprint density at radius 2 is 0.740 bits per heavy atom. The lowest BCUT2D eigenvalue weighted by Gasteiger charge is -2.26. The summed E-state index contributed by atoms with van der Waals surface area (Å²) in [6.45, 7) is 0. The van der Waals surface area contributed by atoms with Crippen molar-refractivity contribution in [1.29, 1.82) is 0 Å². The first-order valence-electron chi connectivity index (χ1n) is 18.7. The maximum absolute atomic E-state index is 9.37. The van der Waals surface area contributed by atoms with Crippen LogP contribution in [-0.2, 0) is 0 Å². The molecule has 0 aliphatic rings. The zero-order valence-electron chi connectivity index (χ0n) is 31.1. The fourth-order valence-electron chi connectivity index (χ4n) is 6.57. The number of rotatable bonds is 7. The first kappa shape index (κ1) is 25.4. The first-order chi connectivity index (χ1) is 26.4. The van der Waals surface area contributed by atoms with Gasteiger partial charge in [-0.25, -0.2) is 0 Å². The number of anilines is 3. The highest BCUT2D eigenvalue weighted by molar-refractivity contribution is 6.06. The van der Waals surface area contributed by atoms with Crippen LogP contribution in [0.15, 0.2) is 205 Å². The zero-order chi connectivity index (χ0) is 36.8.